The standard InChI is InChI=1S/C9H13NO2.In.2H/c1-6-5-9(12-3)7(2)4-8(6)10-11;;;/h5,7H,4H2,1-3H3;;;. The van der Waals surface area contributed by atoms with Crippen molar-refractivity contribution in [1.29, 1.82) is 0 Å². The molecule has 1 unspecified atom stereocenters. The van der Waals surface area contributed by atoms with Crippen LogP contribution in [0.5, 0.6) is 0 Å². The summed E-state index contributed by atoms with van der Waals surface area (Å²) in [7, 11) is 1.65. The summed E-state index contributed by atoms with van der Waals surface area (Å²) in [4.78, 5) is 10.3. The van der Waals surface area contributed by atoms with Crippen LogP contribution in [0.2, 0.25) is 0 Å². The van der Waals surface area contributed by atoms with Gasteiger partial charge in [-0.3, -0.25) is 0 Å². The Bertz CT molecular complexity index is 258. The van der Waals surface area contributed by atoms with E-state index in [1.54, 1.807) is 7.11 Å². The van der Waals surface area contributed by atoms with Crippen molar-refractivity contribution in [3.8, 4) is 0 Å². The topological polar surface area (TPSA) is 38.7 Å². The molecule has 0 aliphatic heterocycles. The normalized spacial score (nSPS) is 21.8. The molecule has 0 heterocycles. The van der Waals surface area contributed by atoms with E-state index in [0.29, 0.717) is 12.1 Å². The Morgan fingerprint density at radius 1 is 1.62 bits per heavy atom. The first-order valence-electron chi connectivity index (χ1n) is 3.97. The van der Waals surface area contributed by atoms with Gasteiger partial charge in [0, 0.05) is 12.3 Å². The van der Waals surface area contributed by atoms with E-state index in [-0.39, 0.29) is 31.8 Å². The first-order valence-corrected chi connectivity index (χ1v) is 3.97. The molecule has 0 aromatic carbocycles. The second-order valence-electron chi connectivity index (χ2n) is 3.08. The van der Waals surface area contributed by atoms with E-state index in [4.69, 9.17) is 4.74 Å². The van der Waals surface area contributed by atoms with Gasteiger partial charge < -0.3 is 4.74 Å². The fourth-order valence-corrected chi connectivity index (χ4v) is 1.36. The summed E-state index contributed by atoms with van der Waals surface area (Å²) in [5.41, 5.74) is 1.56. The molecule has 3 nitrogen and oxygen atoms in total. The first kappa shape index (κ1) is 12.8. The molecular formula is C9H15InNO2. The van der Waals surface area contributed by atoms with Crippen LogP contribution in [0.1, 0.15) is 20.3 Å². The summed E-state index contributed by atoms with van der Waals surface area (Å²) in [6, 6.07) is 0. The van der Waals surface area contributed by atoms with Crippen LogP contribution in [0.3, 0.4) is 0 Å². The predicted molar refractivity (Wildman–Crippen MR) is 55.9 cm³/mol. The quantitative estimate of drug-likeness (QED) is 0.724. The number of hydrogen-bond acceptors (Lipinski definition) is 3. The molecule has 0 fully saturated rings. The summed E-state index contributed by atoms with van der Waals surface area (Å²) in [5.74, 6) is 1.20. The van der Waals surface area contributed by atoms with Crippen molar-refractivity contribution in [1.82, 2.24) is 0 Å². The molecule has 0 saturated carbocycles. The number of nitroso groups, excluding NO2 is 1. The minimum atomic E-state index is 0. The van der Waals surface area contributed by atoms with Crippen LogP contribution in [0.15, 0.2) is 28.3 Å². The fourth-order valence-electron chi connectivity index (χ4n) is 1.36. The molecule has 4 heteroatoms. The van der Waals surface area contributed by atoms with Gasteiger partial charge in [0.1, 0.15) is 0 Å². The zero-order chi connectivity index (χ0) is 9.14. The molecule has 0 N–H and O–H groups in total. The number of methoxy groups -OCH3 is 1. The van der Waals surface area contributed by atoms with Crippen molar-refractivity contribution in [2.45, 2.75) is 20.3 Å². The van der Waals surface area contributed by atoms with Crippen molar-refractivity contribution in [3.63, 3.8) is 0 Å². The number of allylic oxidation sites excluding steroid dienone is 4. The van der Waals surface area contributed by atoms with Crippen LogP contribution in [-0.2, 0) is 4.74 Å². The second-order valence-corrected chi connectivity index (χ2v) is 3.08. The van der Waals surface area contributed by atoms with Gasteiger partial charge in [-0.15, -0.1) is 4.91 Å². The molecule has 0 spiro atoms. The zero-order valence-electron chi connectivity index (χ0n) is 8.63. The Kier molecular flexibility index (Phi) is 5.37. The van der Waals surface area contributed by atoms with Crippen LogP contribution < -0.4 is 0 Å². The van der Waals surface area contributed by atoms with Gasteiger partial charge in [0.25, 0.3) is 0 Å². The van der Waals surface area contributed by atoms with Gasteiger partial charge in [-0.05, 0) is 23.7 Å². The Balaban J connectivity index is 0.00000144. The minimum absolute atomic E-state index is 0. The molecule has 1 rings (SSSR count). The third-order valence-electron chi connectivity index (χ3n) is 2.15. The SMILES string of the molecule is COC1=CC(C)=C(N=O)CC1C.[InH2]. The number of nitrogens with zero attached hydrogens (tertiary/aromatic N) is 1. The Morgan fingerprint density at radius 3 is 2.69 bits per heavy atom. The number of hydrogen-bond donors (Lipinski definition) is 0. The molecule has 0 aromatic rings. The first-order chi connectivity index (χ1) is 5.69. The fraction of sp³-hybridized carbons (Fsp3) is 0.556. The molecule has 1 radical (unpaired) electrons. The van der Waals surface area contributed by atoms with Crippen LogP contribution in [0, 0.1) is 10.8 Å². The van der Waals surface area contributed by atoms with E-state index in [0.717, 1.165) is 11.3 Å². The molecule has 1 aliphatic carbocycles. The van der Waals surface area contributed by atoms with E-state index < -0.39 is 0 Å². The van der Waals surface area contributed by atoms with Crippen LogP contribution >= 0.6 is 0 Å². The van der Waals surface area contributed by atoms with Gasteiger partial charge in [0.15, 0.2) is 0 Å². The van der Waals surface area contributed by atoms with Crippen molar-refractivity contribution in [3.05, 3.63) is 28.0 Å². The molecule has 0 aromatic heterocycles. The summed E-state index contributed by atoms with van der Waals surface area (Å²) in [5, 5.41) is 2.98. The monoisotopic (exact) mass is 284 g/mol. The predicted octanol–water partition coefficient (Wildman–Crippen LogP) is 1.68. The molecule has 1 atom stereocenters. The molecule has 1 aliphatic rings. The Labute approximate surface area is 97.0 Å². The molecule has 0 bridgehead atoms. The molecular weight excluding hydrogens is 269 g/mol. The van der Waals surface area contributed by atoms with Crippen molar-refractivity contribution >= 4 is 25.8 Å². The van der Waals surface area contributed by atoms with Gasteiger partial charge in [-0.1, -0.05) is 6.92 Å². The van der Waals surface area contributed by atoms with Crippen LogP contribution in [0.25, 0.3) is 0 Å². The number of rotatable bonds is 2. The molecule has 0 saturated heterocycles. The van der Waals surface area contributed by atoms with Gasteiger partial charge >= 0.3 is 25.8 Å². The van der Waals surface area contributed by atoms with Crippen molar-refractivity contribution < 1.29 is 4.74 Å². The van der Waals surface area contributed by atoms with Gasteiger partial charge in [0.2, 0.25) is 0 Å². The maximum absolute atomic E-state index is 10.3. The third-order valence-corrected chi connectivity index (χ3v) is 2.15. The van der Waals surface area contributed by atoms with E-state index in [1.807, 2.05) is 19.9 Å². The molecule has 71 valence electrons. The summed E-state index contributed by atoms with van der Waals surface area (Å²) in [6.45, 7) is 3.90. The maximum atomic E-state index is 10.3. The van der Waals surface area contributed by atoms with E-state index >= 15 is 0 Å². The van der Waals surface area contributed by atoms with Crippen molar-refractivity contribution in [2.75, 3.05) is 7.11 Å². The summed E-state index contributed by atoms with van der Waals surface area (Å²) in [6.07, 6.45) is 2.57. The summed E-state index contributed by atoms with van der Waals surface area (Å²) >= 11 is 0. The Hall–Kier alpha value is -0.250. The van der Waals surface area contributed by atoms with Crippen molar-refractivity contribution in [2.24, 2.45) is 11.1 Å². The number of ether oxygens (including phenoxy) is 1. The molecule has 0 amide bonds. The van der Waals surface area contributed by atoms with E-state index in [1.165, 1.54) is 0 Å². The molecule has 13 heavy (non-hydrogen) atoms. The van der Waals surface area contributed by atoms with Gasteiger partial charge in [0.05, 0.1) is 18.6 Å². The van der Waals surface area contributed by atoms with Crippen LogP contribution in [0.4, 0.5) is 0 Å². The average molecular weight is 284 g/mol. The van der Waals surface area contributed by atoms with E-state index in [9.17, 15) is 4.91 Å². The van der Waals surface area contributed by atoms with Gasteiger partial charge in [-0.25, -0.2) is 0 Å². The average Bonchev–Trinajstić information content (AvgIpc) is 2.08. The van der Waals surface area contributed by atoms with Crippen LogP contribution in [-0.4, -0.2) is 33.0 Å². The van der Waals surface area contributed by atoms with E-state index in [2.05, 4.69) is 5.18 Å². The third kappa shape index (κ3) is 2.86. The zero-order valence-corrected chi connectivity index (χ0v) is 14.3. The van der Waals surface area contributed by atoms with Gasteiger partial charge in [-0.2, -0.15) is 0 Å². The Morgan fingerprint density at radius 2 is 2.23 bits per heavy atom. The second kappa shape index (κ2) is 5.47. The summed E-state index contributed by atoms with van der Waals surface area (Å²) < 4.78 is 5.15.